The molecule has 2 nitrogen and oxygen atoms in total. The molecule has 0 amide bonds. The predicted molar refractivity (Wildman–Crippen MR) is 56.0 cm³/mol. The third kappa shape index (κ3) is 1.61. The van der Waals surface area contributed by atoms with Gasteiger partial charge in [-0.05, 0) is 23.6 Å². The summed E-state index contributed by atoms with van der Waals surface area (Å²) < 4.78 is 0. The average molecular weight is 187 g/mol. The van der Waals surface area contributed by atoms with Crippen LogP contribution in [0.25, 0.3) is 0 Å². The summed E-state index contributed by atoms with van der Waals surface area (Å²) in [5.41, 5.74) is 2.56. The Morgan fingerprint density at radius 2 is 2.14 bits per heavy atom. The summed E-state index contributed by atoms with van der Waals surface area (Å²) in [6.45, 7) is 4.28. The summed E-state index contributed by atoms with van der Waals surface area (Å²) in [6, 6.07) is 8.13. The van der Waals surface area contributed by atoms with E-state index in [-0.39, 0.29) is 11.8 Å². The smallest absolute Gasteiger partial charge is 0.172 e. The van der Waals surface area contributed by atoms with Crippen LogP contribution in [0.4, 0.5) is 0 Å². The van der Waals surface area contributed by atoms with Crippen molar-refractivity contribution in [2.45, 2.75) is 19.0 Å². The molecule has 1 unspecified atom stereocenters. The summed E-state index contributed by atoms with van der Waals surface area (Å²) in [4.78, 5) is 11.4. The number of ketones is 1. The average Bonchev–Trinajstić information content (AvgIpc) is 2.27. The van der Waals surface area contributed by atoms with E-state index in [2.05, 4.69) is 24.0 Å². The fourth-order valence-corrected chi connectivity index (χ4v) is 1.80. The van der Waals surface area contributed by atoms with Gasteiger partial charge in [0.15, 0.2) is 5.78 Å². The first kappa shape index (κ1) is 9.16. The van der Waals surface area contributed by atoms with Crippen molar-refractivity contribution in [2.24, 2.45) is 0 Å². The minimum Gasteiger partial charge on any atom is -0.303 e. The summed E-state index contributed by atoms with van der Waals surface area (Å²) in [5, 5.41) is 3.21. The van der Waals surface area contributed by atoms with Crippen molar-refractivity contribution in [3.63, 3.8) is 0 Å². The molecule has 0 bridgehead atoms. The van der Waals surface area contributed by atoms with Crippen molar-refractivity contribution in [1.29, 1.82) is 0 Å². The van der Waals surface area contributed by atoms with E-state index in [9.17, 15) is 4.79 Å². The van der Waals surface area contributed by atoms with E-state index in [1.807, 2.05) is 12.1 Å². The lowest BCUT2D eigenvalue weighted by molar-refractivity contribution is -0.116. The van der Waals surface area contributed by atoms with E-state index in [0.29, 0.717) is 0 Å². The van der Waals surface area contributed by atoms with E-state index < -0.39 is 0 Å². The van der Waals surface area contributed by atoms with Gasteiger partial charge in [0.2, 0.25) is 0 Å². The van der Waals surface area contributed by atoms with Crippen LogP contribution in [0, 0.1) is 0 Å². The number of nitrogens with one attached hydrogen (secondary N) is 1. The molecule has 1 atom stereocenters. The van der Waals surface area contributed by atoms with E-state index in [4.69, 9.17) is 0 Å². The number of fused-ring (bicyclic) bond motifs is 1. The normalized spacial score (nSPS) is 19.9. The first-order valence-electron chi connectivity index (χ1n) is 4.77. The molecule has 0 fully saturated rings. The molecule has 2 heteroatoms. The van der Waals surface area contributed by atoms with Crippen molar-refractivity contribution in [3.05, 3.63) is 48.0 Å². The second kappa shape index (κ2) is 3.76. The molecule has 1 heterocycles. The zero-order chi connectivity index (χ0) is 9.97. The zero-order valence-electron chi connectivity index (χ0n) is 7.99. The molecule has 1 aromatic rings. The third-order valence-corrected chi connectivity index (χ3v) is 2.63. The highest BCUT2D eigenvalue weighted by atomic mass is 16.1. The Kier molecular flexibility index (Phi) is 2.46. The van der Waals surface area contributed by atoms with Gasteiger partial charge in [-0.1, -0.05) is 30.8 Å². The molecule has 14 heavy (non-hydrogen) atoms. The van der Waals surface area contributed by atoms with Crippen LogP contribution in [0.5, 0.6) is 0 Å². The Balaban J connectivity index is 2.21. The number of hydrogen-bond donors (Lipinski definition) is 1. The van der Waals surface area contributed by atoms with E-state index in [0.717, 1.165) is 13.0 Å². The molecule has 0 spiro atoms. The lowest BCUT2D eigenvalue weighted by atomic mass is 9.94. The quantitative estimate of drug-likeness (QED) is 0.710. The van der Waals surface area contributed by atoms with Gasteiger partial charge < -0.3 is 5.32 Å². The van der Waals surface area contributed by atoms with Gasteiger partial charge in [-0.3, -0.25) is 4.79 Å². The maximum atomic E-state index is 11.4. The molecule has 2 rings (SSSR count). The van der Waals surface area contributed by atoms with Crippen molar-refractivity contribution in [1.82, 2.24) is 5.32 Å². The van der Waals surface area contributed by atoms with E-state index in [1.165, 1.54) is 17.2 Å². The van der Waals surface area contributed by atoms with Crippen LogP contribution in [0.1, 0.15) is 11.1 Å². The Morgan fingerprint density at radius 3 is 2.86 bits per heavy atom. The molecule has 1 aliphatic heterocycles. The van der Waals surface area contributed by atoms with Gasteiger partial charge in [0.05, 0.1) is 6.04 Å². The standard InChI is InChI=1S/C12H13NO/c1-2-12(14)11-7-9-5-3-4-6-10(9)8-13-11/h2-6,11,13H,1,7-8H2. The molecule has 0 radical (unpaired) electrons. The minimum absolute atomic E-state index is 0.0811. The van der Waals surface area contributed by atoms with Crippen LogP contribution in [0.3, 0.4) is 0 Å². The molecule has 0 aliphatic carbocycles. The maximum absolute atomic E-state index is 11.4. The summed E-state index contributed by atoms with van der Waals surface area (Å²) in [7, 11) is 0. The molecule has 72 valence electrons. The second-order valence-corrected chi connectivity index (χ2v) is 3.51. The highest BCUT2D eigenvalue weighted by Crippen LogP contribution is 2.16. The molecule has 0 aromatic heterocycles. The fraction of sp³-hybridized carbons (Fsp3) is 0.250. The van der Waals surface area contributed by atoms with Gasteiger partial charge in [-0.25, -0.2) is 0 Å². The number of rotatable bonds is 2. The monoisotopic (exact) mass is 187 g/mol. The molecule has 1 N–H and O–H groups in total. The van der Waals surface area contributed by atoms with Crippen molar-refractivity contribution < 1.29 is 4.79 Å². The first-order valence-corrected chi connectivity index (χ1v) is 4.77. The highest BCUT2D eigenvalue weighted by Gasteiger charge is 2.21. The largest absolute Gasteiger partial charge is 0.303 e. The van der Waals surface area contributed by atoms with Crippen LogP contribution in [0.2, 0.25) is 0 Å². The SMILES string of the molecule is C=CC(=O)C1Cc2ccccc2CN1. The van der Waals surface area contributed by atoms with Gasteiger partial charge in [0, 0.05) is 6.54 Å². The molecule has 0 saturated carbocycles. The Hall–Kier alpha value is -1.41. The van der Waals surface area contributed by atoms with Gasteiger partial charge >= 0.3 is 0 Å². The van der Waals surface area contributed by atoms with Crippen LogP contribution in [-0.4, -0.2) is 11.8 Å². The van der Waals surface area contributed by atoms with Gasteiger partial charge in [-0.2, -0.15) is 0 Å². The molecule has 1 aromatic carbocycles. The summed E-state index contributed by atoms with van der Waals surface area (Å²) in [5.74, 6) is 0.0829. The lowest BCUT2D eigenvalue weighted by Gasteiger charge is -2.23. The summed E-state index contributed by atoms with van der Waals surface area (Å²) >= 11 is 0. The topological polar surface area (TPSA) is 29.1 Å². The van der Waals surface area contributed by atoms with E-state index in [1.54, 1.807) is 0 Å². The van der Waals surface area contributed by atoms with Gasteiger partial charge in [0.25, 0.3) is 0 Å². The van der Waals surface area contributed by atoms with E-state index >= 15 is 0 Å². The summed E-state index contributed by atoms with van der Waals surface area (Å²) in [6.07, 6.45) is 2.17. The van der Waals surface area contributed by atoms with Crippen molar-refractivity contribution in [2.75, 3.05) is 0 Å². The minimum atomic E-state index is -0.0811. The number of hydrogen-bond acceptors (Lipinski definition) is 2. The van der Waals surface area contributed by atoms with Crippen LogP contribution < -0.4 is 5.32 Å². The molecular weight excluding hydrogens is 174 g/mol. The van der Waals surface area contributed by atoms with Gasteiger partial charge in [0.1, 0.15) is 0 Å². The van der Waals surface area contributed by atoms with Crippen molar-refractivity contribution >= 4 is 5.78 Å². The van der Waals surface area contributed by atoms with Crippen LogP contribution in [-0.2, 0) is 17.8 Å². The Labute approximate surface area is 83.6 Å². The number of carbonyl (C=O) groups excluding carboxylic acids is 1. The Morgan fingerprint density at radius 1 is 1.43 bits per heavy atom. The first-order chi connectivity index (χ1) is 6.81. The van der Waals surface area contributed by atoms with Crippen LogP contribution >= 0.6 is 0 Å². The molecule has 0 saturated heterocycles. The van der Waals surface area contributed by atoms with Gasteiger partial charge in [-0.15, -0.1) is 0 Å². The zero-order valence-corrected chi connectivity index (χ0v) is 7.99. The molecular formula is C12H13NO. The van der Waals surface area contributed by atoms with Crippen molar-refractivity contribution in [3.8, 4) is 0 Å². The maximum Gasteiger partial charge on any atom is 0.172 e. The predicted octanol–water partition coefficient (Wildman–Crippen LogP) is 1.46. The fourth-order valence-electron chi connectivity index (χ4n) is 1.80. The number of benzene rings is 1. The number of carbonyl (C=O) groups is 1. The third-order valence-electron chi connectivity index (χ3n) is 2.63. The second-order valence-electron chi connectivity index (χ2n) is 3.51. The highest BCUT2D eigenvalue weighted by molar-refractivity contribution is 5.94. The Bertz CT molecular complexity index is 370. The lowest BCUT2D eigenvalue weighted by Crippen LogP contribution is -2.40. The molecule has 1 aliphatic rings. The van der Waals surface area contributed by atoms with Crippen LogP contribution in [0.15, 0.2) is 36.9 Å².